The zero-order valence-electron chi connectivity index (χ0n) is 10.9. The predicted octanol–water partition coefficient (Wildman–Crippen LogP) is 0.374. The van der Waals surface area contributed by atoms with Gasteiger partial charge in [0.15, 0.2) is 12.4 Å². The van der Waals surface area contributed by atoms with Gasteiger partial charge in [0.25, 0.3) is 5.91 Å². The van der Waals surface area contributed by atoms with E-state index in [1.807, 2.05) is 0 Å². The van der Waals surface area contributed by atoms with E-state index >= 15 is 0 Å². The first kappa shape index (κ1) is 13.3. The van der Waals surface area contributed by atoms with Crippen molar-refractivity contribution >= 4 is 29.1 Å². The third kappa shape index (κ3) is 2.64. The number of hydrogen-bond acceptors (Lipinski definition) is 4. The van der Waals surface area contributed by atoms with Crippen molar-refractivity contribution in [2.45, 2.75) is 18.9 Å². The Kier molecular flexibility index (Phi) is 3.20. The lowest BCUT2D eigenvalue weighted by atomic mass is 10.2. The maximum Gasteiger partial charge on any atom is 0.262 e. The molecule has 2 aliphatic heterocycles. The Bertz CT molecular complexity index is 647. The highest BCUT2D eigenvalue weighted by molar-refractivity contribution is 6.02. The standard InChI is InChI=1S/C13H12FN3O4/c14-6-3-8-12(21-5-11(19)16-8)9(4-6)17-13(20)7-1-2-10(18)15-7/h3-4,7H,1-2,5H2,(H,15,18)(H,16,19)(H,17,20). The van der Waals surface area contributed by atoms with Crippen LogP contribution in [0.15, 0.2) is 12.1 Å². The smallest absolute Gasteiger partial charge is 0.262 e. The van der Waals surface area contributed by atoms with Gasteiger partial charge in [-0.25, -0.2) is 4.39 Å². The quantitative estimate of drug-likeness (QED) is 0.734. The number of anilines is 2. The average molecular weight is 293 g/mol. The molecule has 2 heterocycles. The molecule has 21 heavy (non-hydrogen) atoms. The molecule has 110 valence electrons. The maximum absolute atomic E-state index is 13.5. The predicted molar refractivity (Wildman–Crippen MR) is 70.3 cm³/mol. The molecule has 0 aromatic heterocycles. The number of rotatable bonds is 2. The van der Waals surface area contributed by atoms with Crippen LogP contribution in [-0.2, 0) is 14.4 Å². The monoisotopic (exact) mass is 293 g/mol. The number of amides is 3. The van der Waals surface area contributed by atoms with Crippen LogP contribution in [0.2, 0.25) is 0 Å². The number of carbonyl (C=O) groups is 3. The van der Waals surface area contributed by atoms with E-state index in [2.05, 4.69) is 16.0 Å². The maximum atomic E-state index is 13.5. The number of halogens is 1. The van der Waals surface area contributed by atoms with E-state index in [0.717, 1.165) is 12.1 Å². The Labute approximate surface area is 118 Å². The van der Waals surface area contributed by atoms with Crippen LogP contribution in [0.25, 0.3) is 0 Å². The van der Waals surface area contributed by atoms with Crippen molar-refractivity contribution in [1.29, 1.82) is 0 Å². The van der Waals surface area contributed by atoms with Gasteiger partial charge in [0.2, 0.25) is 11.8 Å². The Morgan fingerprint density at radius 2 is 2.14 bits per heavy atom. The first-order valence-corrected chi connectivity index (χ1v) is 6.39. The van der Waals surface area contributed by atoms with E-state index in [9.17, 15) is 18.8 Å². The largest absolute Gasteiger partial charge is 0.479 e. The van der Waals surface area contributed by atoms with Gasteiger partial charge in [-0.2, -0.15) is 0 Å². The fourth-order valence-corrected chi connectivity index (χ4v) is 2.29. The summed E-state index contributed by atoms with van der Waals surface area (Å²) in [4.78, 5) is 34.4. The summed E-state index contributed by atoms with van der Waals surface area (Å²) in [5.74, 6) is -1.46. The van der Waals surface area contributed by atoms with Gasteiger partial charge in [0.1, 0.15) is 11.9 Å². The lowest BCUT2D eigenvalue weighted by Gasteiger charge is -2.21. The van der Waals surface area contributed by atoms with Crippen molar-refractivity contribution in [3.63, 3.8) is 0 Å². The van der Waals surface area contributed by atoms with Gasteiger partial charge in [0.05, 0.1) is 11.4 Å². The summed E-state index contributed by atoms with van der Waals surface area (Å²) in [6.45, 7) is -0.207. The molecule has 0 radical (unpaired) electrons. The molecule has 0 aliphatic carbocycles. The normalized spacial score (nSPS) is 20.1. The van der Waals surface area contributed by atoms with Gasteiger partial charge in [-0.1, -0.05) is 0 Å². The molecule has 0 bridgehead atoms. The molecule has 1 atom stereocenters. The number of hydrogen-bond donors (Lipinski definition) is 3. The zero-order valence-corrected chi connectivity index (χ0v) is 10.9. The van der Waals surface area contributed by atoms with Crippen molar-refractivity contribution in [2.24, 2.45) is 0 Å². The third-order valence-corrected chi connectivity index (χ3v) is 3.25. The van der Waals surface area contributed by atoms with Crippen LogP contribution in [0.3, 0.4) is 0 Å². The number of ether oxygens (including phenoxy) is 1. The molecular formula is C13H12FN3O4. The van der Waals surface area contributed by atoms with Crippen molar-refractivity contribution < 1.29 is 23.5 Å². The topological polar surface area (TPSA) is 96.5 Å². The Balaban J connectivity index is 1.83. The summed E-state index contributed by atoms with van der Waals surface area (Å²) in [6.07, 6.45) is 0.672. The second-order valence-corrected chi connectivity index (χ2v) is 4.81. The van der Waals surface area contributed by atoms with Crippen LogP contribution in [0.1, 0.15) is 12.8 Å². The molecule has 1 aromatic rings. The summed E-state index contributed by atoms with van der Waals surface area (Å²) in [6, 6.07) is 1.57. The van der Waals surface area contributed by atoms with E-state index in [0.29, 0.717) is 6.42 Å². The van der Waals surface area contributed by atoms with Gasteiger partial charge in [-0.05, 0) is 6.42 Å². The van der Waals surface area contributed by atoms with Crippen LogP contribution in [-0.4, -0.2) is 30.4 Å². The third-order valence-electron chi connectivity index (χ3n) is 3.25. The number of fused-ring (bicyclic) bond motifs is 1. The molecular weight excluding hydrogens is 281 g/mol. The van der Waals surface area contributed by atoms with Crippen LogP contribution < -0.4 is 20.7 Å². The Morgan fingerprint density at radius 1 is 1.33 bits per heavy atom. The highest BCUT2D eigenvalue weighted by Gasteiger charge is 2.29. The molecule has 2 aliphatic rings. The van der Waals surface area contributed by atoms with Crippen LogP contribution in [0.5, 0.6) is 5.75 Å². The molecule has 8 heteroatoms. The summed E-state index contributed by atoms with van der Waals surface area (Å²) < 4.78 is 18.8. The number of carbonyl (C=O) groups excluding carboxylic acids is 3. The minimum absolute atomic E-state index is 0.121. The van der Waals surface area contributed by atoms with E-state index in [4.69, 9.17) is 4.74 Å². The SMILES string of the molecule is O=C1COc2c(cc(F)cc2NC(=O)C2CCC(=O)N2)N1. The van der Waals surface area contributed by atoms with Crippen molar-refractivity contribution in [3.05, 3.63) is 17.9 Å². The number of benzene rings is 1. The molecule has 1 unspecified atom stereocenters. The summed E-state index contributed by atoms with van der Waals surface area (Å²) in [7, 11) is 0. The van der Waals surface area contributed by atoms with Crippen LogP contribution in [0.4, 0.5) is 15.8 Å². The first-order chi connectivity index (χ1) is 10.0. The lowest BCUT2D eigenvalue weighted by molar-refractivity contribution is -0.122. The van der Waals surface area contributed by atoms with Crippen molar-refractivity contribution in [3.8, 4) is 5.75 Å². The van der Waals surface area contributed by atoms with Crippen LogP contribution in [0, 0.1) is 5.82 Å². The molecule has 3 rings (SSSR count). The van der Waals surface area contributed by atoms with E-state index in [1.54, 1.807) is 0 Å². The average Bonchev–Trinajstić information content (AvgIpc) is 2.84. The van der Waals surface area contributed by atoms with Gasteiger partial charge < -0.3 is 20.7 Å². The molecule has 0 saturated carbocycles. The highest BCUT2D eigenvalue weighted by Crippen LogP contribution is 2.36. The lowest BCUT2D eigenvalue weighted by Crippen LogP contribution is -2.37. The van der Waals surface area contributed by atoms with E-state index < -0.39 is 23.7 Å². The minimum Gasteiger partial charge on any atom is -0.479 e. The zero-order chi connectivity index (χ0) is 15.0. The molecule has 1 fully saturated rings. The molecule has 1 aromatic carbocycles. The molecule has 7 nitrogen and oxygen atoms in total. The second-order valence-electron chi connectivity index (χ2n) is 4.81. The van der Waals surface area contributed by atoms with Gasteiger partial charge in [-0.3, -0.25) is 14.4 Å². The van der Waals surface area contributed by atoms with Crippen molar-refractivity contribution in [1.82, 2.24) is 5.32 Å². The van der Waals surface area contributed by atoms with Crippen LogP contribution >= 0.6 is 0 Å². The first-order valence-electron chi connectivity index (χ1n) is 6.39. The fourth-order valence-electron chi connectivity index (χ4n) is 2.29. The molecule has 0 spiro atoms. The highest BCUT2D eigenvalue weighted by atomic mass is 19.1. The summed E-state index contributed by atoms with van der Waals surface area (Å²) in [5.41, 5.74) is 0.285. The summed E-state index contributed by atoms with van der Waals surface area (Å²) >= 11 is 0. The molecule has 3 amide bonds. The Hall–Kier alpha value is -2.64. The van der Waals surface area contributed by atoms with Gasteiger partial charge >= 0.3 is 0 Å². The van der Waals surface area contributed by atoms with Gasteiger partial charge in [0, 0.05) is 18.6 Å². The summed E-state index contributed by atoms with van der Waals surface area (Å²) in [5, 5.41) is 7.50. The Morgan fingerprint density at radius 3 is 2.86 bits per heavy atom. The molecule has 1 saturated heterocycles. The second kappa shape index (κ2) is 5.04. The fraction of sp³-hybridized carbons (Fsp3) is 0.308. The van der Waals surface area contributed by atoms with Crippen molar-refractivity contribution in [2.75, 3.05) is 17.2 Å². The van der Waals surface area contributed by atoms with E-state index in [1.165, 1.54) is 0 Å². The van der Waals surface area contributed by atoms with E-state index in [-0.39, 0.29) is 36.1 Å². The number of nitrogens with one attached hydrogen (secondary N) is 3. The van der Waals surface area contributed by atoms with Gasteiger partial charge in [-0.15, -0.1) is 0 Å². The molecule has 3 N–H and O–H groups in total. The minimum atomic E-state index is -0.644.